The first kappa shape index (κ1) is 121. The zero-order valence-electron chi connectivity index (χ0n) is 84.4. The van der Waals surface area contributed by atoms with Gasteiger partial charge in [-0.15, -0.1) is 5.10 Å². The van der Waals surface area contributed by atoms with E-state index in [4.69, 9.17) is 85.7 Å². The van der Waals surface area contributed by atoms with Crippen molar-refractivity contribution in [3.63, 3.8) is 0 Å². The fourth-order valence-corrected chi connectivity index (χ4v) is 21.8. The highest BCUT2D eigenvalue weighted by atomic mass is 127. The van der Waals surface area contributed by atoms with Gasteiger partial charge in [0.05, 0.1) is 155 Å². The van der Waals surface area contributed by atoms with Crippen LogP contribution in [0, 0.1) is 40.1 Å². The van der Waals surface area contributed by atoms with Crippen molar-refractivity contribution >= 4 is 138 Å². The first-order valence-corrected chi connectivity index (χ1v) is 54.5. The second-order valence-electron chi connectivity index (χ2n) is 35.5. The predicted octanol–water partition coefficient (Wildman–Crippen LogP) is 4.84. The van der Waals surface area contributed by atoms with Crippen molar-refractivity contribution in [2.75, 3.05) is 138 Å². The fourth-order valence-electron chi connectivity index (χ4n) is 16.6. The number of Topliss-reactive ketones (excluding diaryl/α,β-unsaturated/α-hetero) is 1. The third kappa shape index (κ3) is 34.1. The summed E-state index contributed by atoms with van der Waals surface area (Å²) in [6.45, 7) is 18.3. The number of ketones is 1. The predicted molar refractivity (Wildman–Crippen MR) is 547 cm³/mol. The van der Waals surface area contributed by atoms with Crippen molar-refractivity contribution in [2.45, 2.75) is 264 Å². The Morgan fingerprint density at radius 1 is 0.766 bits per heavy atom. The van der Waals surface area contributed by atoms with Crippen molar-refractivity contribution in [1.82, 2.24) is 52.0 Å². The molecular formula is C96H138IN11O32S5. The molecule has 4 aliphatic heterocycles. The van der Waals surface area contributed by atoms with Crippen LogP contribution in [0.15, 0.2) is 59.3 Å². The van der Waals surface area contributed by atoms with Crippen LogP contribution in [0.3, 0.4) is 0 Å². The summed E-state index contributed by atoms with van der Waals surface area (Å²) in [5.41, 5.74) is 3.24. The maximum atomic E-state index is 14.8. The number of benzene rings is 2. The van der Waals surface area contributed by atoms with Gasteiger partial charge in [-0.2, -0.15) is 29.0 Å². The van der Waals surface area contributed by atoms with Crippen LogP contribution < -0.4 is 51.6 Å². The SMILES string of the molecule is CCN(C(=O)CNC(=O)OCc1ccc(NC(=O)[C@H](C)NC(=O)[C@@H](NC(=O)CCCn2nnc(CSC)c2CSC)C(C)C)cc1)C1COCC(OC2C(O[C@H]3C#C/C=C\C#C[C@]4(O)CC(=O)C(NC(=O)OC)=C3/C4=C\CSSC(C)(C)CCC(=O)NCCOCCOCCOCCO)OC(C)C(NOC3CC(O)C(SC(=O)c4c(C)c(I)c(OC5OC(C)C(O)C(OC)C5O)c(OC)c4OC)C(C)O3)C2O)C1OC. The highest BCUT2D eigenvalue weighted by Gasteiger charge is 2.54. The molecule has 2 aliphatic carbocycles. The molecule has 3 aromatic rings. The number of aryl methyl sites for hydroxylation is 1. The molecule has 1 aromatic heterocycles. The summed E-state index contributed by atoms with van der Waals surface area (Å²) < 4.78 is 97.3. The van der Waals surface area contributed by atoms with Gasteiger partial charge in [0.1, 0.15) is 74.1 Å². The standard InChI is InChI=1S/C96H138IN11O32S5/c1-18-107(70(114)46-99-93(121)133-47-58-26-28-59(29-27-58)101-88(118)54(5)100-89(119)75(52(2)3)102-69(113)25-23-35-108-63(51-142-17)61(50-141-16)104-106-108)62-48-132-49-67(81(62)124-11)137-85-79(116)76(105-140-71-44-64(110)87(57(8)134-71)144-90(120)72-53(4)74(97)83(86(127-14)82(72)125-12)139-91-80(117)84(126-13)78(115)56(7)136-91)55(6)135-92(85)138-66-24-21-19-20-22-32-96(123)45-65(111)77(103-94(122)128-15)73(66)60(96)31-43-143-145-95(9,10)33-30-68(112)98-34-37-129-39-41-131-42-40-130-38-36-109/h19-20,26-29,31,52,54-57,62,64,66-67,71,75-76,78-81,84-85,87,91-92,105,109-110,115-117,123H,18,23,25,30,33-51H2,1-17H3,(H,98,112)(H,99,121)(H,100,119)(H,101,118)(H,102,113)(H,103,122)/b20-19-,60-31+/t54-,55?,56?,57?,62?,64?,66-,67?,71?,75-,76?,78?,79?,80?,81?,84?,85?,87?,91?,92?,96-/m0/s1. The number of aliphatic hydroxyl groups is 6. The van der Waals surface area contributed by atoms with E-state index in [1.54, 1.807) is 102 Å². The Morgan fingerprint density at radius 2 is 1.46 bits per heavy atom. The molecule has 2 bridgehead atoms. The summed E-state index contributed by atoms with van der Waals surface area (Å²) in [6.07, 6.45) is -13.4. The molecule has 0 radical (unpaired) electrons. The number of amides is 7. The monoisotopic (exact) mass is 2240 g/mol. The van der Waals surface area contributed by atoms with Gasteiger partial charge in [0, 0.05) is 92.0 Å². The summed E-state index contributed by atoms with van der Waals surface area (Å²) in [4.78, 5) is 132. The molecule has 6 aliphatic rings. The zero-order chi connectivity index (χ0) is 106. The maximum absolute atomic E-state index is 14.8. The molecule has 2 aromatic carbocycles. The average molecular weight is 2250 g/mol. The number of fused-ring (bicyclic) bond motifs is 2. The first-order chi connectivity index (χ1) is 69.3. The number of halogens is 1. The first-order valence-electron chi connectivity index (χ1n) is 47.4. The van der Waals surface area contributed by atoms with Crippen LogP contribution in [0.1, 0.15) is 134 Å². The van der Waals surface area contributed by atoms with Gasteiger partial charge < -0.3 is 138 Å². The molecule has 21 atom stereocenters. The van der Waals surface area contributed by atoms with Crippen LogP contribution in [0.4, 0.5) is 15.3 Å². The number of hydroxylamine groups is 1. The van der Waals surface area contributed by atoms with Crippen LogP contribution in [0.2, 0.25) is 0 Å². The Bertz CT molecular complexity index is 5030. The number of aliphatic hydroxyl groups excluding tert-OH is 5. The van der Waals surface area contributed by atoms with Crippen LogP contribution >= 0.6 is 79.5 Å². The summed E-state index contributed by atoms with van der Waals surface area (Å²) in [7, 11) is 9.24. The largest absolute Gasteiger partial charge is 0.492 e. The Balaban J connectivity index is 0.897. The minimum atomic E-state index is -2.28. The topological polar surface area (TPSA) is 550 Å². The van der Waals surface area contributed by atoms with E-state index in [-0.39, 0.29) is 129 Å². The molecule has 5 heterocycles. The minimum absolute atomic E-state index is 0.0114. The lowest BCUT2D eigenvalue weighted by atomic mass is 9.75. The Morgan fingerprint density at radius 3 is 2.12 bits per heavy atom. The van der Waals surface area contributed by atoms with Gasteiger partial charge in [-0.25, -0.2) is 14.3 Å². The summed E-state index contributed by atoms with van der Waals surface area (Å²) >= 11 is 6.04. The smallest absolute Gasteiger partial charge is 0.411 e. The maximum Gasteiger partial charge on any atom is 0.411 e. The quantitative estimate of drug-likeness (QED) is 0.0118. The molecule has 4 fully saturated rings. The Hall–Kier alpha value is -7.73. The third-order valence-corrected chi connectivity index (χ3v) is 31.3. The molecule has 0 spiro atoms. The second kappa shape index (κ2) is 59.8. The molecule has 49 heteroatoms. The number of hydrogen-bond acceptors (Lipinski definition) is 40. The van der Waals surface area contributed by atoms with Crippen molar-refractivity contribution in [1.29, 1.82) is 0 Å². The van der Waals surface area contributed by atoms with E-state index >= 15 is 0 Å². The number of thioether (sulfide) groups is 3. The Labute approximate surface area is 878 Å². The van der Waals surface area contributed by atoms with Crippen LogP contribution in [0.5, 0.6) is 17.2 Å². The van der Waals surface area contributed by atoms with E-state index in [1.165, 1.54) is 74.0 Å². The number of nitrogens with one attached hydrogen (secondary N) is 7. The van der Waals surface area contributed by atoms with Gasteiger partial charge in [-0.1, -0.05) is 94.3 Å². The fraction of sp³-hybridized carbons (Fsp3) is 0.656. The summed E-state index contributed by atoms with van der Waals surface area (Å²) in [6, 6.07) is 2.09. The highest BCUT2D eigenvalue weighted by Crippen LogP contribution is 2.50. The lowest BCUT2D eigenvalue weighted by Crippen LogP contribution is -2.66. The number of allylic oxidation sites excluding steroid dienone is 3. The lowest BCUT2D eigenvalue weighted by Gasteiger charge is -2.48. The molecule has 43 nitrogen and oxygen atoms in total. The number of carbonyl (C=O) groups is 9. The number of likely N-dealkylation sites (N-methyl/N-ethyl adjacent to an activating group) is 1. The van der Waals surface area contributed by atoms with E-state index in [0.717, 1.165) is 41.8 Å². The van der Waals surface area contributed by atoms with Crippen molar-refractivity contribution in [3.8, 4) is 40.9 Å². The number of alkyl carbamates (subject to hydrolysis) is 2. The molecule has 7 amide bonds. The zero-order valence-corrected chi connectivity index (χ0v) is 90.7. The molecule has 9 rings (SSSR count). The Kier molecular flexibility index (Phi) is 49.8. The van der Waals surface area contributed by atoms with Crippen molar-refractivity contribution in [2.24, 2.45) is 5.92 Å². The summed E-state index contributed by atoms with van der Waals surface area (Å²) in [5, 5.41) is 92.3. The number of methoxy groups -OCH3 is 5. The molecule has 13 N–H and O–H groups in total. The molecule has 0 saturated carbocycles. The number of carbonyl (C=O) groups excluding carboxylic acids is 9. The number of ether oxygens (including phenoxy) is 16. The third-order valence-electron chi connectivity index (χ3n) is 24.3. The van der Waals surface area contributed by atoms with E-state index in [9.17, 15) is 68.7 Å². The van der Waals surface area contributed by atoms with Crippen molar-refractivity contribution < 1.29 is 154 Å². The van der Waals surface area contributed by atoms with E-state index < -0.39 is 191 Å². The van der Waals surface area contributed by atoms with E-state index in [2.05, 4.69) is 71.4 Å². The molecule has 806 valence electrons. The van der Waals surface area contributed by atoms with Gasteiger partial charge in [0.25, 0.3) is 0 Å². The van der Waals surface area contributed by atoms with Crippen LogP contribution in [-0.4, -0.2) is 368 Å². The molecular weight excluding hydrogens is 2110 g/mol. The number of aromatic nitrogens is 3. The highest BCUT2D eigenvalue weighted by molar-refractivity contribution is 14.1. The number of anilines is 1. The second-order valence-corrected chi connectivity index (χ2v) is 42.5. The van der Waals surface area contributed by atoms with Gasteiger partial charge in [-0.3, -0.25) is 43.7 Å². The van der Waals surface area contributed by atoms with E-state index in [1.807, 2.05) is 53.6 Å². The minimum Gasteiger partial charge on any atom is -0.492 e. The van der Waals surface area contributed by atoms with Crippen LogP contribution in [0.25, 0.3) is 0 Å². The van der Waals surface area contributed by atoms with Gasteiger partial charge in [-0.05, 0) is 145 Å². The number of rotatable bonds is 54. The summed E-state index contributed by atoms with van der Waals surface area (Å²) in [5.74, 6) is 9.74. The van der Waals surface area contributed by atoms with Gasteiger partial charge in [0.2, 0.25) is 46.7 Å². The van der Waals surface area contributed by atoms with Gasteiger partial charge >= 0.3 is 12.2 Å². The van der Waals surface area contributed by atoms with E-state index in [0.29, 0.717) is 66.2 Å². The van der Waals surface area contributed by atoms with Gasteiger partial charge in [0.15, 0.2) is 35.5 Å². The number of nitrogens with zero attached hydrogens (tertiary/aromatic N) is 4. The van der Waals surface area contributed by atoms with Crippen molar-refractivity contribution in [3.05, 3.63) is 91.0 Å². The normalized spacial score (nSPS) is 26.1. The average Bonchev–Trinajstić information content (AvgIpc) is 1.19. The number of hydrogen-bond donors (Lipinski definition) is 13. The molecule has 4 saturated heterocycles. The lowest BCUT2D eigenvalue weighted by molar-refractivity contribution is -0.323. The van der Waals surface area contributed by atoms with Crippen LogP contribution in [-0.2, 0) is 120 Å². The molecule has 17 unspecified atom stereocenters. The molecule has 145 heavy (non-hydrogen) atoms.